The lowest BCUT2D eigenvalue weighted by atomic mass is 9.98. The molecule has 10 nitrogen and oxygen atoms in total. The Labute approximate surface area is 224 Å². The fraction of sp³-hybridized carbons (Fsp3) is 0.464. The zero-order valence-corrected chi connectivity index (χ0v) is 22.6. The molecule has 1 amide bonds. The molecule has 2 aromatic carbocycles. The number of hydrogen-bond donors (Lipinski definition) is 4. The van der Waals surface area contributed by atoms with E-state index in [9.17, 15) is 9.59 Å². The lowest BCUT2D eigenvalue weighted by Crippen LogP contribution is -2.41. The molecular weight excluding hydrogens is 486 g/mol. The predicted molar refractivity (Wildman–Crippen MR) is 148 cm³/mol. The number of carbonyl (C=O) groups is 2. The zero-order valence-electron chi connectivity index (χ0n) is 22.6. The highest BCUT2D eigenvalue weighted by atomic mass is 16.6. The quantitative estimate of drug-likeness (QED) is 0.311. The number of aliphatic hydroxyl groups excluding tert-OH is 1. The topological polar surface area (TPSA) is 125 Å². The average molecular weight is 526 g/mol. The Balaban J connectivity index is 1.44. The third-order valence-corrected chi connectivity index (χ3v) is 5.74. The molecular formula is C28H39N5O5. The highest BCUT2D eigenvalue weighted by Crippen LogP contribution is 2.20. The van der Waals surface area contributed by atoms with Crippen molar-refractivity contribution >= 4 is 23.8 Å². The molecule has 0 saturated carbocycles. The summed E-state index contributed by atoms with van der Waals surface area (Å²) in [5.74, 6) is 0.0621. The second-order valence-corrected chi connectivity index (χ2v) is 10.2. The SMILES string of the molecule is CN(CCO)CCOc1ccc(NC2N=CC(c3ccc(C(=O)NCC(=O)OC(C)(C)C)cc3)CN2)cc1. The Hall–Kier alpha value is -3.47. The van der Waals surface area contributed by atoms with Gasteiger partial charge in [0.1, 0.15) is 24.5 Å². The van der Waals surface area contributed by atoms with E-state index in [0.717, 1.165) is 23.5 Å². The molecule has 0 bridgehead atoms. The molecule has 38 heavy (non-hydrogen) atoms. The first kappa shape index (κ1) is 29.1. The molecule has 3 rings (SSSR count). The zero-order chi connectivity index (χ0) is 27.5. The van der Waals surface area contributed by atoms with E-state index in [1.165, 1.54) is 0 Å². The van der Waals surface area contributed by atoms with Crippen LogP contribution in [0.2, 0.25) is 0 Å². The number of nitrogens with zero attached hydrogens (tertiary/aromatic N) is 2. The first-order valence-corrected chi connectivity index (χ1v) is 12.8. The third-order valence-electron chi connectivity index (χ3n) is 5.74. The standard InChI is InChI=1S/C28H39N5O5/c1-28(2,3)38-25(35)19-29-26(36)21-7-5-20(6-8-21)22-17-30-27(31-18-22)32-23-9-11-24(12-10-23)37-16-14-33(4)13-15-34/h5-12,17,22,27,31-32,34H,13-16,18-19H2,1-4H3,(H,29,36). The van der Waals surface area contributed by atoms with Gasteiger partial charge in [0.2, 0.25) is 0 Å². The summed E-state index contributed by atoms with van der Waals surface area (Å²) in [6, 6.07) is 15.0. The molecule has 4 N–H and O–H groups in total. The molecule has 0 saturated heterocycles. The molecule has 0 fully saturated rings. The minimum absolute atomic E-state index is 0.0756. The summed E-state index contributed by atoms with van der Waals surface area (Å²) in [6.45, 7) is 7.92. The molecule has 1 heterocycles. The summed E-state index contributed by atoms with van der Waals surface area (Å²) in [6.07, 6.45) is 1.66. The van der Waals surface area contributed by atoms with E-state index in [1.807, 2.05) is 54.6 Å². The number of esters is 1. The van der Waals surface area contributed by atoms with Gasteiger partial charge in [-0.05, 0) is 69.8 Å². The summed E-state index contributed by atoms with van der Waals surface area (Å²) in [5, 5.41) is 18.3. The van der Waals surface area contributed by atoms with Gasteiger partial charge in [-0.25, -0.2) is 0 Å². The number of likely N-dealkylation sites (N-methyl/N-ethyl adjacent to an activating group) is 1. The van der Waals surface area contributed by atoms with E-state index in [2.05, 4.69) is 20.9 Å². The highest BCUT2D eigenvalue weighted by molar-refractivity contribution is 5.96. The molecule has 0 aromatic heterocycles. The maximum absolute atomic E-state index is 12.4. The van der Waals surface area contributed by atoms with Crippen LogP contribution in [0.25, 0.3) is 0 Å². The minimum atomic E-state index is -0.591. The predicted octanol–water partition coefficient (Wildman–Crippen LogP) is 2.21. The van der Waals surface area contributed by atoms with Crippen molar-refractivity contribution in [3.8, 4) is 5.75 Å². The van der Waals surface area contributed by atoms with Crippen LogP contribution in [0.1, 0.15) is 42.6 Å². The van der Waals surface area contributed by atoms with E-state index in [4.69, 9.17) is 14.6 Å². The van der Waals surface area contributed by atoms with Crippen molar-refractivity contribution in [3.63, 3.8) is 0 Å². The van der Waals surface area contributed by atoms with Crippen LogP contribution in [0.3, 0.4) is 0 Å². The van der Waals surface area contributed by atoms with Crippen LogP contribution in [-0.4, -0.2) is 86.4 Å². The number of ether oxygens (including phenoxy) is 2. The van der Waals surface area contributed by atoms with Crippen molar-refractivity contribution in [1.29, 1.82) is 0 Å². The summed E-state index contributed by atoms with van der Waals surface area (Å²) in [4.78, 5) is 30.8. The molecule has 0 aliphatic carbocycles. The second-order valence-electron chi connectivity index (χ2n) is 10.2. The van der Waals surface area contributed by atoms with Gasteiger partial charge in [-0.15, -0.1) is 0 Å². The molecule has 1 aliphatic rings. The van der Waals surface area contributed by atoms with Crippen LogP contribution in [-0.2, 0) is 9.53 Å². The molecule has 0 spiro atoms. The monoisotopic (exact) mass is 525 g/mol. The highest BCUT2D eigenvalue weighted by Gasteiger charge is 2.19. The van der Waals surface area contributed by atoms with E-state index in [0.29, 0.717) is 25.3 Å². The lowest BCUT2D eigenvalue weighted by molar-refractivity contribution is -0.153. The molecule has 2 atom stereocenters. The van der Waals surface area contributed by atoms with Gasteiger partial charge in [0.05, 0.1) is 6.61 Å². The lowest BCUT2D eigenvalue weighted by Gasteiger charge is -2.25. The van der Waals surface area contributed by atoms with E-state index >= 15 is 0 Å². The molecule has 10 heteroatoms. The van der Waals surface area contributed by atoms with Gasteiger partial charge in [0.15, 0.2) is 6.29 Å². The Morgan fingerprint density at radius 3 is 2.42 bits per heavy atom. The summed E-state index contributed by atoms with van der Waals surface area (Å²) >= 11 is 0. The number of benzene rings is 2. The summed E-state index contributed by atoms with van der Waals surface area (Å²) < 4.78 is 11.0. The number of amides is 1. The van der Waals surface area contributed by atoms with Crippen molar-refractivity contribution in [2.24, 2.45) is 4.99 Å². The fourth-order valence-corrected chi connectivity index (χ4v) is 3.75. The van der Waals surface area contributed by atoms with Crippen molar-refractivity contribution < 1.29 is 24.2 Å². The number of nitrogens with one attached hydrogen (secondary N) is 3. The van der Waals surface area contributed by atoms with Crippen LogP contribution in [0, 0.1) is 0 Å². The van der Waals surface area contributed by atoms with Crippen molar-refractivity contribution in [1.82, 2.24) is 15.5 Å². The van der Waals surface area contributed by atoms with Gasteiger partial charge in [0, 0.05) is 43.0 Å². The third kappa shape index (κ3) is 9.77. The maximum Gasteiger partial charge on any atom is 0.325 e. The Bertz CT molecular complexity index is 1070. The summed E-state index contributed by atoms with van der Waals surface area (Å²) in [5.41, 5.74) is 1.84. The first-order chi connectivity index (χ1) is 18.1. The fourth-order valence-electron chi connectivity index (χ4n) is 3.75. The molecule has 206 valence electrons. The minimum Gasteiger partial charge on any atom is -0.492 e. The maximum atomic E-state index is 12.4. The van der Waals surface area contributed by atoms with E-state index in [-0.39, 0.29) is 31.3 Å². The van der Waals surface area contributed by atoms with Crippen LogP contribution in [0.15, 0.2) is 53.5 Å². The van der Waals surface area contributed by atoms with Crippen LogP contribution < -0.4 is 20.7 Å². The van der Waals surface area contributed by atoms with Crippen LogP contribution in [0.4, 0.5) is 5.69 Å². The van der Waals surface area contributed by atoms with Gasteiger partial charge in [-0.2, -0.15) is 0 Å². The van der Waals surface area contributed by atoms with E-state index in [1.54, 1.807) is 32.9 Å². The van der Waals surface area contributed by atoms with Gasteiger partial charge in [-0.1, -0.05) is 12.1 Å². The van der Waals surface area contributed by atoms with Gasteiger partial charge in [0.25, 0.3) is 5.91 Å². The molecule has 1 aliphatic heterocycles. The summed E-state index contributed by atoms with van der Waals surface area (Å²) in [7, 11) is 1.94. The number of rotatable bonds is 12. The van der Waals surface area contributed by atoms with Gasteiger partial charge in [-0.3, -0.25) is 19.9 Å². The number of aliphatic imine (C=N–C) groups is 1. The molecule has 2 unspecified atom stereocenters. The Kier molecular flexibility index (Phi) is 10.6. The van der Waals surface area contributed by atoms with Gasteiger partial charge < -0.3 is 30.1 Å². The number of hydrogen-bond acceptors (Lipinski definition) is 9. The molecule has 2 aromatic rings. The van der Waals surface area contributed by atoms with Crippen LogP contribution >= 0.6 is 0 Å². The van der Waals surface area contributed by atoms with Crippen molar-refractivity contribution in [2.75, 3.05) is 51.8 Å². The largest absolute Gasteiger partial charge is 0.492 e. The first-order valence-electron chi connectivity index (χ1n) is 12.8. The molecule has 0 radical (unpaired) electrons. The number of anilines is 1. The average Bonchev–Trinajstić information content (AvgIpc) is 2.88. The Morgan fingerprint density at radius 2 is 1.82 bits per heavy atom. The number of aliphatic hydroxyl groups is 1. The normalized spacial score (nSPS) is 17.2. The van der Waals surface area contributed by atoms with Gasteiger partial charge >= 0.3 is 5.97 Å². The smallest absolute Gasteiger partial charge is 0.325 e. The van der Waals surface area contributed by atoms with Crippen molar-refractivity contribution in [2.45, 2.75) is 38.6 Å². The Morgan fingerprint density at radius 1 is 1.11 bits per heavy atom. The van der Waals surface area contributed by atoms with E-state index < -0.39 is 11.6 Å². The van der Waals surface area contributed by atoms with Crippen molar-refractivity contribution in [3.05, 3.63) is 59.7 Å². The number of carbonyl (C=O) groups excluding carboxylic acids is 2. The second kappa shape index (κ2) is 13.9. The van der Waals surface area contributed by atoms with Crippen LogP contribution in [0.5, 0.6) is 5.75 Å².